The molecule has 1 saturated heterocycles. The van der Waals surface area contributed by atoms with E-state index in [1.807, 2.05) is 12.1 Å². The standard InChI is InChI=1S/C26H26Cl2N2O/c1-18-6-11-24(22(28)16-18)30-14-13-29(17-25(30)19-7-9-20(27)10-8-19)23-12-15-31-26-5-3-2-4-21(23)26/h2-11,16,23,25H,12-15,17H2,1H3/t23?,25-/m0/s1. The van der Waals surface area contributed by atoms with Gasteiger partial charge in [0.2, 0.25) is 0 Å². The molecule has 1 fully saturated rings. The third-order valence-electron chi connectivity index (χ3n) is 6.45. The van der Waals surface area contributed by atoms with Crippen LogP contribution >= 0.6 is 23.2 Å². The van der Waals surface area contributed by atoms with E-state index in [0.717, 1.165) is 54.1 Å². The van der Waals surface area contributed by atoms with Crippen LogP contribution in [0.1, 0.15) is 35.2 Å². The Bertz CT molecular complexity index is 1070. The highest BCUT2D eigenvalue weighted by molar-refractivity contribution is 6.33. The van der Waals surface area contributed by atoms with Gasteiger partial charge in [-0.1, -0.05) is 59.6 Å². The van der Waals surface area contributed by atoms with Crippen LogP contribution in [0.25, 0.3) is 0 Å². The smallest absolute Gasteiger partial charge is 0.124 e. The first-order valence-electron chi connectivity index (χ1n) is 10.8. The second-order valence-electron chi connectivity index (χ2n) is 8.40. The molecule has 0 aromatic heterocycles. The van der Waals surface area contributed by atoms with Gasteiger partial charge < -0.3 is 9.64 Å². The number of nitrogens with zero attached hydrogens (tertiary/aromatic N) is 2. The zero-order valence-corrected chi connectivity index (χ0v) is 19.1. The van der Waals surface area contributed by atoms with Crippen LogP contribution in [0.5, 0.6) is 5.75 Å². The number of fused-ring (bicyclic) bond motifs is 1. The molecule has 2 aliphatic heterocycles. The molecule has 5 rings (SSSR count). The number of piperazine rings is 1. The number of para-hydroxylation sites is 1. The molecule has 0 amide bonds. The number of hydrogen-bond acceptors (Lipinski definition) is 3. The van der Waals surface area contributed by atoms with Crippen LogP contribution in [0.2, 0.25) is 10.0 Å². The molecule has 0 aliphatic carbocycles. The van der Waals surface area contributed by atoms with Gasteiger partial charge in [-0.3, -0.25) is 4.90 Å². The third-order valence-corrected chi connectivity index (χ3v) is 7.00. The average Bonchev–Trinajstić information content (AvgIpc) is 2.79. The van der Waals surface area contributed by atoms with E-state index in [2.05, 4.69) is 71.3 Å². The summed E-state index contributed by atoms with van der Waals surface area (Å²) in [5, 5.41) is 1.57. The Morgan fingerprint density at radius 3 is 2.52 bits per heavy atom. The van der Waals surface area contributed by atoms with Gasteiger partial charge in [0, 0.05) is 42.7 Å². The Hall–Kier alpha value is -2.20. The quantitative estimate of drug-likeness (QED) is 0.440. The largest absolute Gasteiger partial charge is 0.493 e. The van der Waals surface area contributed by atoms with E-state index >= 15 is 0 Å². The van der Waals surface area contributed by atoms with Crippen molar-refractivity contribution in [2.75, 3.05) is 31.1 Å². The molecule has 3 nitrogen and oxygen atoms in total. The lowest BCUT2D eigenvalue weighted by atomic mass is 9.95. The fraction of sp³-hybridized carbons (Fsp3) is 0.308. The fourth-order valence-electron chi connectivity index (χ4n) is 4.89. The van der Waals surface area contributed by atoms with E-state index in [1.165, 1.54) is 16.7 Å². The Labute approximate surface area is 194 Å². The van der Waals surface area contributed by atoms with E-state index in [-0.39, 0.29) is 6.04 Å². The SMILES string of the molecule is Cc1ccc(N2CCN(C3CCOc4ccccc43)C[C@H]2c2ccc(Cl)cc2)c(Cl)c1. The molecular formula is C26H26Cl2N2O. The number of hydrogen-bond donors (Lipinski definition) is 0. The molecule has 31 heavy (non-hydrogen) atoms. The van der Waals surface area contributed by atoms with Gasteiger partial charge in [0.25, 0.3) is 0 Å². The molecule has 160 valence electrons. The molecule has 3 aromatic rings. The maximum atomic E-state index is 6.70. The molecule has 1 unspecified atom stereocenters. The highest BCUT2D eigenvalue weighted by Crippen LogP contribution is 2.41. The van der Waals surface area contributed by atoms with E-state index in [1.54, 1.807) is 0 Å². The van der Waals surface area contributed by atoms with Gasteiger partial charge in [-0.25, -0.2) is 0 Å². The first-order chi connectivity index (χ1) is 15.1. The van der Waals surface area contributed by atoms with Gasteiger partial charge in [-0.05, 0) is 48.4 Å². The summed E-state index contributed by atoms with van der Waals surface area (Å²) in [6, 6.07) is 23.6. The summed E-state index contributed by atoms with van der Waals surface area (Å²) in [6.07, 6.45) is 1.01. The van der Waals surface area contributed by atoms with Crippen molar-refractivity contribution in [2.24, 2.45) is 0 Å². The average molecular weight is 453 g/mol. The number of anilines is 1. The zero-order valence-electron chi connectivity index (χ0n) is 17.6. The topological polar surface area (TPSA) is 15.7 Å². The molecule has 5 heteroatoms. The lowest BCUT2D eigenvalue weighted by Gasteiger charge is -2.47. The van der Waals surface area contributed by atoms with Crippen LogP contribution < -0.4 is 9.64 Å². The summed E-state index contributed by atoms with van der Waals surface area (Å²) >= 11 is 12.9. The summed E-state index contributed by atoms with van der Waals surface area (Å²) < 4.78 is 5.92. The number of benzene rings is 3. The van der Waals surface area contributed by atoms with Gasteiger partial charge in [0.05, 0.1) is 23.4 Å². The minimum atomic E-state index is 0.196. The Kier molecular flexibility index (Phi) is 5.83. The normalized spacial score (nSPS) is 21.5. The molecular weight excluding hydrogens is 427 g/mol. The van der Waals surface area contributed by atoms with E-state index < -0.39 is 0 Å². The predicted octanol–water partition coefficient (Wildman–Crippen LogP) is 6.69. The van der Waals surface area contributed by atoms with Crippen LogP contribution in [-0.2, 0) is 0 Å². The van der Waals surface area contributed by atoms with Crippen LogP contribution in [-0.4, -0.2) is 31.1 Å². The van der Waals surface area contributed by atoms with Gasteiger partial charge >= 0.3 is 0 Å². The van der Waals surface area contributed by atoms with Crippen molar-refractivity contribution in [3.05, 3.63) is 93.5 Å². The van der Waals surface area contributed by atoms with Crippen molar-refractivity contribution in [3.8, 4) is 5.75 Å². The molecule has 0 spiro atoms. The molecule has 0 bridgehead atoms. The van der Waals surface area contributed by atoms with Crippen LogP contribution in [0, 0.1) is 6.92 Å². The Morgan fingerprint density at radius 1 is 0.903 bits per heavy atom. The maximum absolute atomic E-state index is 6.70. The minimum absolute atomic E-state index is 0.196. The molecule has 3 aromatic carbocycles. The summed E-state index contributed by atoms with van der Waals surface area (Å²) in [5.74, 6) is 1.02. The van der Waals surface area contributed by atoms with Crippen molar-refractivity contribution in [1.29, 1.82) is 0 Å². The van der Waals surface area contributed by atoms with Gasteiger partial charge in [-0.2, -0.15) is 0 Å². The molecule has 2 aliphatic rings. The van der Waals surface area contributed by atoms with E-state index in [9.17, 15) is 0 Å². The van der Waals surface area contributed by atoms with Crippen molar-refractivity contribution in [1.82, 2.24) is 4.90 Å². The van der Waals surface area contributed by atoms with Gasteiger partial charge in [-0.15, -0.1) is 0 Å². The van der Waals surface area contributed by atoms with E-state index in [0.29, 0.717) is 6.04 Å². The summed E-state index contributed by atoms with van der Waals surface area (Å²) in [7, 11) is 0. The highest BCUT2D eigenvalue weighted by atomic mass is 35.5. The Morgan fingerprint density at radius 2 is 1.71 bits per heavy atom. The molecule has 0 saturated carbocycles. The van der Waals surface area contributed by atoms with Crippen LogP contribution in [0.4, 0.5) is 5.69 Å². The van der Waals surface area contributed by atoms with Crippen molar-refractivity contribution < 1.29 is 4.74 Å². The maximum Gasteiger partial charge on any atom is 0.124 e. The monoisotopic (exact) mass is 452 g/mol. The molecule has 0 N–H and O–H groups in total. The molecule has 2 atom stereocenters. The highest BCUT2D eigenvalue weighted by Gasteiger charge is 2.35. The summed E-state index contributed by atoms with van der Waals surface area (Å²) in [4.78, 5) is 5.06. The molecule has 2 heterocycles. The van der Waals surface area contributed by atoms with Crippen molar-refractivity contribution >= 4 is 28.9 Å². The first kappa shape index (κ1) is 20.7. The number of aryl methyl sites for hydroxylation is 1. The zero-order chi connectivity index (χ0) is 21.4. The molecule has 0 radical (unpaired) electrons. The van der Waals surface area contributed by atoms with E-state index in [4.69, 9.17) is 27.9 Å². The summed E-state index contributed by atoms with van der Waals surface area (Å²) in [5.41, 5.74) is 4.82. The number of ether oxygens (including phenoxy) is 1. The number of rotatable bonds is 3. The van der Waals surface area contributed by atoms with Crippen LogP contribution in [0.15, 0.2) is 66.7 Å². The second kappa shape index (κ2) is 8.74. The first-order valence-corrected chi connectivity index (χ1v) is 11.6. The van der Waals surface area contributed by atoms with Crippen molar-refractivity contribution in [2.45, 2.75) is 25.4 Å². The fourth-order valence-corrected chi connectivity index (χ4v) is 5.36. The van der Waals surface area contributed by atoms with Crippen molar-refractivity contribution in [3.63, 3.8) is 0 Å². The van der Waals surface area contributed by atoms with Crippen LogP contribution in [0.3, 0.4) is 0 Å². The lowest BCUT2D eigenvalue weighted by Crippen LogP contribution is -2.50. The Balaban J connectivity index is 1.49. The minimum Gasteiger partial charge on any atom is -0.493 e. The third kappa shape index (κ3) is 4.15. The second-order valence-corrected chi connectivity index (χ2v) is 9.24. The number of halogens is 2. The lowest BCUT2D eigenvalue weighted by molar-refractivity contribution is 0.117. The summed E-state index contributed by atoms with van der Waals surface area (Å²) in [6.45, 7) is 5.65. The van der Waals surface area contributed by atoms with Gasteiger partial charge in [0.1, 0.15) is 5.75 Å². The predicted molar refractivity (Wildman–Crippen MR) is 129 cm³/mol. The van der Waals surface area contributed by atoms with Gasteiger partial charge in [0.15, 0.2) is 0 Å².